The number of carbonyl (C=O) groups is 1. The van der Waals surface area contributed by atoms with Crippen LogP contribution >= 0.6 is 0 Å². The van der Waals surface area contributed by atoms with Crippen molar-refractivity contribution < 1.29 is 14.3 Å². The Morgan fingerprint density at radius 1 is 1.10 bits per heavy atom. The molecule has 0 unspecified atom stereocenters. The van der Waals surface area contributed by atoms with Gasteiger partial charge in [-0.1, -0.05) is 35.9 Å². The molecule has 0 fully saturated rings. The largest absolute Gasteiger partial charge is 0.497 e. The standard InChI is InChI=1S/C17H19NO3/c1-13-5-3-6-14(9-13)11-18-17(19)12-21-16-8-4-7-15(10-16)20-2/h3-10H,11-12H2,1-2H3,(H,18,19). The molecule has 0 aromatic heterocycles. The summed E-state index contributed by atoms with van der Waals surface area (Å²) >= 11 is 0. The lowest BCUT2D eigenvalue weighted by molar-refractivity contribution is -0.123. The fourth-order valence-corrected chi connectivity index (χ4v) is 1.91. The monoisotopic (exact) mass is 285 g/mol. The first kappa shape index (κ1) is 14.9. The molecule has 0 saturated heterocycles. The van der Waals surface area contributed by atoms with Crippen LogP contribution < -0.4 is 14.8 Å². The summed E-state index contributed by atoms with van der Waals surface area (Å²) in [5, 5.41) is 2.83. The van der Waals surface area contributed by atoms with Gasteiger partial charge >= 0.3 is 0 Å². The minimum Gasteiger partial charge on any atom is -0.497 e. The molecule has 0 aliphatic heterocycles. The predicted molar refractivity (Wildman–Crippen MR) is 81.5 cm³/mol. The zero-order valence-electron chi connectivity index (χ0n) is 12.3. The summed E-state index contributed by atoms with van der Waals surface area (Å²) in [6.07, 6.45) is 0. The average molecular weight is 285 g/mol. The van der Waals surface area contributed by atoms with Gasteiger partial charge < -0.3 is 14.8 Å². The maximum Gasteiger partial charge on any atom is 0.258 e. The molecule has 0 aliphatic carbocycles. The molecule has 0 saturated carbocycles. The van der Waals surface area contributed by atoms with Gasteiger partial charge in [0.25, 0.3) is 5.91 Å². The van der Waals surface area contributed by atoms with Crippen molar-refractivity contribution in [3.8, 4) is 11.5 Å². The van der Waals surface area contributed by atoms with Crippen LogP contribution in [0.5, 0.6) is 11.5 Å². The highest BCUT2D eigenvalue weighted by Crippen LogP contribution is 2.18. The van der Waals surface area contributed by atoms with E-state index in [0.29, 0.717) is 18.0 Å². The Kier molecular flexibility index (Phi) is 5.21. The predicted octanol–water partition coefficient (Wildman–Crippen LogP) is 2.70. The Morgan fingerprint density at radius 2 is 1.86 bits per heavy atom. The van der Waals surface area contributed by atoms with Crippen molar-refractivity contribution in [1.29, 1.82) is 0 Å². The Balaban J connectivity index is 1.79. The van der Waals surface area contributed by atoms with Gasteiger partial charge in [-0.3, -0.25) is 4.79 Å². The number of ether oxygens (including phenoxy) is 2. The molecular formula is C17H19NO3. The van der Waals surface area contributed by atoms with Crippen LogP contribution in [0.3, 0.4) is 0 Å². The highest BCUT2D eigenvalue weighted by Gasteiger charge is 2.04. The highest BCUT2D eigenvalue weighted by molar-refractivity contribution is 5.77. The zero-order chi connectivity index (χ0) is 15.1. The second kappa shape index (κ2) is 7.33. The van der Waals surface area contributed by atoms with E-state index in [2.05, 4.69) is 5.32 Å². The summed E-state index contributed by atoms with van der Waals surface area (Å²) in [5.74, 6) is 1.16. The van der Waals surface area contributed by atoms with Gasteiger partial charge in [0.15, 0.2) is 6.61 Å². The van der Waals surface area contributed by atoms with Crippen molar-refractivity contribution in [2.45, 2.75) is 13.5 Å². The minimum atomic E-state index is -0.153. The smallest absolute Gasteiger partial charge is 0.258 e. The first-order valence-corrected chi connectivity index (χ1v) is 6.76. The molecule has 4 nitrogen and oxygen atoms in total. The average Bonchev–Trinajstić information content (AvgIpc) is 2.51. The lowest BCUT2D eigenvalue weighted by atomic mass is 10.1. The Labute approximate surface area is 124 Å². The van der Waals surface area contributed by atoms with E-state index in [9.17, 15) is 4.79 Å². The van der Waals surface area contributed by atoms with Gasteiger partial charge in [0.1, 0.15) is 11.5 Å². The molecule has 0 heterocycles. The van der Waals surface area contributed by atoms with Gasteiger partial charge in [-0.2, -0.15) is 0 Å². The van der Waals surface area contributed by atoms with Crippen molar-refractivity contribution in [1.82, 2.24) is 5.32 Å². The highest BCUT2D eigenvalue weighted by atomic mass is 16.5. The summed E-state index contributed by atoms with van der Waals surface area (Å²) in [7, 11) is 1.59. The first-order chi connectivity index (χ1) is 10.2. The fraction of sp³-hybridized carbons (Fsp3) is 0.235. The molecule has 0 radical (unpaired) electrons. The number of carbonyl (C=O) groups excluding carboxylic acids is 1. The molecule has 110 valence electrons. The minimum absolute atomic E-state index is 0.0149. The third kappa shape index (κ3) is 4.84. The molecule has 1 amide bonds. The van der Waals surface area contributed by atoms with Crippen LogP contribution in [0.2, 0.25) is 0 Å². The number of aryl methyl sites for hydroxylation is 1. The van der Waals surface area contributed by atoms with Crippen LogP contribution in [0, 0.1) is 6.92 Å². The second-order valence-electron chi connectivity index (χ2n) is 4.73. The number of hydrogen-bond donors (Lipinski definition) is 1. The van der Waals surface area contributed by atoms with Crippen molar-refractivity contribution in [2.75, 3.05) is 13.7 Å². The Hall–Kier alpha value is -2.49. The molecule has 2 rings (SSSR count). The molecule has 2 aromatic rings. The van der Waals surface area contributed by atoms with Crippen molar-refractivity contribution in [3.63, 3.8) is 0 Å². The number of hydrogen-bond acceptors (Lipinski definition) is 3. The normalized spacial score (nSPS) is 10.0. The number of amides is 1. The summed E-state index contributed by atoms with van der Waals surface area (Å²) in [6.45, 7) is 2.51. The molecule has 2 aromatic carbocycles. The molecule has 0 atom stereocenters. The second-order valence-corrected chi connectivity index (χ2v) is 4.73. The number of methoxy groups -OCH3 is 1. The molecule has 0 spiro atoms. The van der Waals surface area contributed by atoms with E-state index < -0.39 is 0 Å². The summed E-state index contributed by atoms with van der Waals surface area (Å²) in [5.41, 5.74) is 2.25. The molecule has 1 N–H and O–H groups in total. The Morgan fingerprint density at radius 3 is 2.62 bits per heavy atom. The van der Waals surface area contributed by atoms with Gasteiger partial charge in [-0.05, 0) is 24.6 Å². The van der Waals surface area contributed by atoms with Crippen molar-refractivity contribution >= 4 is 5.91 Å². The number of rotatable bonds is 6. The Bertz CT molecular complexity index is 610. The fourth-order valence-electron chi connectivity index (χ4n) is 1.91. The first-order valence-electron chi connectivity index (χ1n) is 6.76. The maximum absolute atomic E-state index is 11.8. The van der Waals surface area contributed by atoms with Crippen LogP contribution in [0.4, 0.5) is 0 Å². The number of nitrogens with one attached hydrogen (secondary N) is 1. The van der Waals surface area contributed by atoms with Crippen LogP contribution in [-0.2, 0) is 11.3 Å². The van der Waals surface area contributed by atoms with Crippen LogP contribution in [0.15, 0.2) is 48.5 Å². The summed E-state index contributed by atoms with van der Waals surface area (Å²) < 4.78 is 10.5. The van der Waals surface area contributed by atoms with E-state index in [4.69, 9.17) is 9.47 Å². The zero-order valence-corrected chi connectivity index (χ0v) is 12.3. The van der Waals surface area contributed by atoms with Crippen molar-refractivity contribution in [3.05, 3.63) is 59.7 Å². The quantitative estimate of drug-likeness (QED) is 0.887. The van der Waals surface area contributed by atoms with E-state index in [-0.39, 0.29) is 12.5 Å². The van der Waals surface area contributed by atoms with E-state index in [1.807, 2.05) is 43.3 Å². The molecule has 0 aliphatic rings. The van der Waals surface area contributed by atoms with Crippen LogP contribution in [0.25, 0.3) is 0 Å². The lowest BCUT2D eigenvalue weighted by Crippen LogP contribution is -2.28. The van der Waals surface area contributed by atoms with E-state index in [1.54, 1.807) is 19.2 Å². The van der Waals surface area contributed by atoms with E-state index in [1.165, 1.54) is 5.56 Å². The summed E-state index contributed by atoms with van der Waals surface area (Å²) in [6, 6.07) is 15.2. The SMILES string of the molecule is COc1cccc(OCC(=O)NCc2cccc(C)c2)c1. The van der Waals surface area contributed by atoms with Crippen LogP contribution in [-0.4, -0.2) is 19.6 Å². The third-order valence-electron chi connectivity index (χ3n) is 2.98. The van der Waals surface area contributed by atoms with Gasteiger partial charge in [0, 0.05) is 12.6 Å². The van der Waals surface area contributed by atoms with Crippen molar-refractivity contribution in [2.24, 2.45) is 0 Å². The van der Waals surface area contributed by atoms with E-state index in [0.717, 1.165) is 5.56 Å². The topological polar surface area (TPSA) is 47.6 Å². The summed E-state index contributed by atoms with van der Waals surface area (Å²) in [4.78, 5) is 11.8. The molecule has 0 bridgehead atoms. The van der Waals surface area contributed by atoms with Gasteiger partial charge in [-0.15, -0.1) is 0 Å². The van der Waals surface area contributed by atoms with Gasteiger partial charge in [-0.25, -0.2) is 0 Å². The molecule has 4 heteroatoms. The van der Waals surface area contributed by atoms with Gasteiger partial charge in [0.2, 0.25) is 0 Å². The molecule has 21 heavy (non-hydrogen) atoms. The van der Waals surface area contributed by atoms with E-state index >= 15 is 0 Å². The third-order valence-corrected chi connectivity index (χ3v) is 2.98. The molecular weight excluding hydrogens is 266 g/mol. The van der Waals surface area contributed by atoms with Crippen LogP contribution in [0.1, 0.15) is 11.1 Å². The lowest BCUT2D eigenvalue weighted by Gasteiger charge is -2.09. The number of benzene rings is 2. The van der Waals surface area contributed by atoms with Gasteiger partial charge in [0.05, 0.1) is 7.11 Å². The maximum atomic E-state index is 11.8.